The minimum absolute atomic E-state index is 0.00478. The number of nitrogens with zero attached hydrogens (tertiary/aromatic N) is 3. The number of carbonyl (C=O) groups is 2. The molecule has 26 heavy (non-hydrogen) atoms. The van der Waals surface area contributed by atoms with Gasteiger partial charge in [0.25, 0.3) is 0 Å². The fourth-order valence-corrected chi connectivity index (χ4v) is 4.51. The van der Waals surface area contributed by atoms with E-state index in [9.17, 15) is 14.7 Å². The number of amides is 1. The third-order valence-corrected chi connectivity index (χ3v) is 6.14. The van der Waals surface area contributed by atoms with Crippen molar-refractivity contribution in [2.75, 3.05) is 32.7 Å². The van der Waals surface area contributed by atoms with Crippen LogP contribution in [0, 0.1) is 25.2 Å². The van der Waals surface area contributed by atoms with Crippen LogP contribution in [0.5, 0.6) is 0 Å². The number of carbonyl (C=O) groups excluding carboxylic acids is 1. The highest BCUT2D eigenvalue weighted by atomic mass is 16.4. The molecule has 0 aliphatic carbocycles. The normalized spacial score (nSPS) is 25.7. The second-order valence-corrected chi connectivity index (χ2v) is 7.96. The van der Waals surface area contributed by atoms with Crippen molar-refractivity contribution in [1.82, 2.24) is 20.0 Å². The van der Waals surface area contributed by atoms with Crippen LogP contribution in [0.2, 0.25) is 0 Å². The van der Waals surface area contributed by atoms with Gasteiger partial charge in [-0.2, -0.15) is 5.10 Å². The average molecular weight is 362 g/mol. The Bertz CT molecular complexity index is 667. The number of aromatic nitrogens is 2. The minimum atomic E-state index is -0.803. The molecule has 0 radical (unpaired) electrons. The van der Waals surface area contributed by atoms with Crippen LogP contribution < -0.4 is 0 Å². The Kier molecular flexibility index (Phi) is 5.37. The molecule has 0 spiro atoms. The van der Waals surface area contributed by atoms with Gasteiger partial charge < -0.3 is 14.9 Å². The maximum absolute atomic E-state index is 12.8. The van der Waals surface area contributed by atoms with Gasteiger partial charge in [0.15, 0.2) is 0 Å². The zero-order valence-electron chi connectivity index (χ0n) is 16.0. The lowest BCUT2D eigenvalue weighted by Crippen LogP contribution is -2.42. The number of H-pyrrole nitrogens is 1. The van der Waals surface area contributed by atoms with Gasteiger partial charge in [-0.3, -0.25) is 14.7 Å². The predicted molar refractivity (Wildman–Crippen MR) is 97.9 cm³/mol. The molecule has 0 unspecified atom stereocenters. The maximum atomic E-state index is 12.8. The summed E-state index contributed by atoms with van der Waals surface area (Å²) in [5.41, 5.74) is 1.87. The number of rotatable bonds is 7. The van der Waals surface area contributed by atoms with Crippen LogP contribution in [0.1, 0.15) is 43.1 Å². The quantitative estimate of drug-likeness (QED) is 0.719. The highest BCUT2D eigenvalue weighted by molar-refractivity contribution is 5.83. The van der Waals surface area contributed by atoms with Crippen molar-refractivity contribution in [2.24, 2.45) is 11.3 Å². The van der Waals surface area contributed by atoms with E-state index in [1.807, 2.05) is 13.8 Å². The molecule has 7 nitrogen and oxygen atoms in total. The van der Waals surface area contributed by atoms with Crippen LogP contribution in [0.25, 0.3) is 0 Å². The number of hydrogen-bond donors (Lipinski definition) is 2. The summed E-state index contributed by atoms with van der Waals surface area (Å²) in [6.45, 7) is 9.14. The standard InChI is InChI=1S/C19H30N4O3/c1-4-5-6-7-22-9-15-10-23(12-19(15,11-22)18(25)26)17(24)8-16-13(2)20-21-14(16)3/h15H,4-12H2,1-3H3,(H,20,21)(H,25,26)/t15-,19-/m0/s1. The van der Waals surface area contributed by atoms with E-state index in [-0.39, 0.29) is 18.2 Å². The lowest BCUT2D eigenvalue weighted by molar-refractivity contribution is -0.149. The number of carboxylic acids is 1. The Morgan fingerprint density at radius 2 is 2.04 bits per heavy atom. The Balaban J connectivity index is 1.66. The average Bonchev–Trinajstić information content (AvgIpc) is 3.21. The Morgan fingerprint density at radius 1 is 1.27 bits per heavy atom. The summed E-state index contributed by atoms with van der Waals surface area (Å²) >= 11 is 0. The van der Waals surface area contributed by atoms with E-state index in [0.29, 0.717) is 19.6 Å². The molecule has 2 aliphatic rings. The molecule has 3 rings (SSSR count). The molecule has 2 N–H and O–H groups in total. The van der Waals surface area contributed by atoms with Gasteiger partial charge in [0.05, 0.1) is 12.1 Å². The summed E-state index contributed by atoms with van der Waals surface area (Å²) in [4.78, 5) is 28.9. The summed E-state index contributed by atoms with van der Waals surface area (Å²) in [6.07, 6.45) is 3.74. The van der Waals surface area contributed by atoms with E-state index in [1.54, 1.807) is 4.90 Å². The zero-order valence-corrected chi connectivity index (χ0v) is 16.0. The molecule has 1 amide bonds. The number of likely N-dealkylation sites (tertiary alicyclic amines) is 2. The maximum Gasteiger partial charge on any atom is 0.313 e. The molecule has 1 aromatic rings. The first-order chi connectivity index (χ1) is 12.4. The SMILES string of the molecule is CCCCCN1C[C@H]2CN(C(=O)Cc3c(C)n[nH]c3C)C[C@@]2(C(=O)O)C1. The Morgan fingerprint density at radius 3 is 2.62 bits per heavy atom. The second-order valence-electron chi connectivity index (χ2n) is 7.96. The molecule has 2 aliphatic heterocycles. The van der Waals surface area contributed by atoms with E-state index < -0.39 is 11.4 Å². The molecule has 3 heterocycles. The third-order valence-electron chi connectivity index (χ3n) is 6.14. The third kappa shape index (κ3) is 3.37. The molecular weight excluding hydrogens is 332 g/mol. The number of carboxylic acid groups (broad SMARTS) is 1. The highest BCUT2D eigenvalue weighted by Crippen LogP contribution is 2.43. The highest BCUT2D eigenvalue weighted by Gasteiger charge is 2.58. The van der Waals surface area contributed by atoms with Gasteiger partial charge in [0, 0.05) is 43.4 Å². The Labute approximate surface area is 154 Å². The van der Waals surface area contributed by atoms with E-state index in [0.717, 1.165) is 42.9 Å². The molecule has 0 saturated carbocycles. The topological polar surface area (TPSA) is 89.5 Å². The largest absolute Gasteiger partial charge is 0.481 e. The lowest BCUT2D eigenvalue weighted by atomic mass is 9.81. The van der Waals surface area contributed by atoms with Crippen molar-refractivity contribution in [3.63, 3.8) is 0 Å². The summed E-state index contributed by atoms with van der Waals surface area (Å²) < 4.78 is 0. The van der Waals surface area contributed by atoms with E-state index in [1.165, 1.54) is 6.42 Å². The van der Waals surface area contributed by atoms with Crippen LogP contribution in [-0.4, -0.2) is 69.7 Å². The van der Waals surface area contributed by atoms with Gasteiger partial charge in [-0.1, -0.05) is 19.8 Å². The molecule has 0 bridgehead atoms. The van der Waals surface area contributed by atoms with Crippen molar-refractivity contribution >= 4 is 11.9 Å². The first kappa shape index (κ1) is 18.9. The first-order valence-corrected chi connectivity index (χ1v) is 9.61. The summed E-state index contributed by atoms with van der Waals surface area (Å²) in [7, 11) is 0. The van der Waals surface area contributed by atoms with Gasteiger partial charge in [-0.15, -0.1) is 0 Å². The molecule has 0 aromatic carbocycles. The van der Waals surface area contributed by atoms with Gasteiger partial charge in [0.1, 0.15) is 5.41 Å². The Hall–Kier alpha value is -1.89. The van der Waals surface area contributed by atoms with Crippen LogP contribution in [0.3, 0.4) is 0 Å². The summed E-state index contributed by atoms with van der Waals surface area (Å²) in [5, 5.41) is 17.0. The monoisotopic (exact) mass is 362 g/mol. The van der Waals surface area contributed by atoms with Crippen molar-refractivity contribution in [2.45, 2.75) is 46.5 Å². The van der Waals surface area contributed by atoms with Gasteiger partial charge in [-0.05, 0) is 26.8 Å². The molecule has 2 fully saturated rings. The van der Waals surface area contributed by atoms with Crippen LogP contribution in [0.4, 0.5) is 0 Å². The summed E-state index contributed by atoms with van der Waals surface area (Å²) in [6, 6.07) is 0. The molecule has 1 aromatic heterocycles. The van der Waals surface area contributed by atoms with Crippen molar-refractivity contribution in [3.8, 4) is 0 Å². The van der Waals surface area contributed by atoms with E-state index in [4.69, 9.17) is 0 Å². The number of unbranched alkanes of at least 4 members (excludes halogenated alkanes) is 2. The zero-order chi connectivity index (χ0) is 18.9. The lowest BCUT2D eigenvalue weighted by Gasteiger charge is -2.25. The predicted octanol–water partition coefficient (Wildman–Crippen LogP) is 1.60. The van der Waals surface area contributed by atoms with E-state index in [2.05, 4.69) is 22.0 Å². The van der Waals surface area contributed by atoms with Crippen molar-refractivity contribution < 1.29 is 14.7 Å². The van der Waals surface area contributed by atoms with Gasteiger partial charge >= 0.3 is 5.97 Å². The molecule has 2 saturated heterocycles. The number of nitrogens with one attached hydrogen (secondary N) is 1. The van der Waals surface area contributed by atoms with E-state index >= 15 is 0 Å². The van der Waals surface area contributed by atoms with Crippen LogP contribution in [0.15, 0.2) is 0 Å². The number of hydrogen-bond acceptors (Lipinski definition) is 4. The van der Waals surface area contributed by atoms with Crippen LogP contribution >= 0.6 is 0 Å². The molecular formula is C19H30N4O3. The number of aryl methyl sites for hydroxylation is 2. The molecule has 7 heteroatoms. The van der Waals surface area contributed by atoms with Crippen molar-refractivity contribution in [1.29, 1.82) is 0 Å². The van der Waals surface area contributed by atoms with Gasteiger partial charge in [-0.25, -0.2) is 0 Å². The number of aromatic amines is 1. The second kappa shape index (κ2) is 7.39. The molecule has 144 valence electrons. The smallest absolute Gasteiger partial charge is 0.313 e. The first-order valence-electron chi connectivity index (χ1n) is 9.61. The van der Waals surface area contributed by atoms with Gasteiger partial charge in [0.2, 0.25) is 5.91 Å². The fraction of sp³-hybridized carbons (Fsp3) is 0.737. The van der Waals surface area contributed by atoms with Crippen LogP contribution in [-0.2, 0) is 16.0 Å². The number of fused-ring (bicyclic) bond motifs is 1. The minimum Gasteiger partial charge on any atom is -0.481 e. The number of aliphatic carboxylic acids is 1. The fourth-order valence-electron chi connectivity index (χ4n) is 4.51. The van der Waals surface area contributed by atoms with Crippen molar-refractivity contribution in [3.05, 3.63) is 17.0 Å². The molecule has 2 atom stereocenters. The summed E-state index contributed by atoms with van der Waals surface area (Å²) in [5.74, 6) is -0.728.